The standard InChI is InChI=1S/C4H3S.CH3.Cu/c1-2-4-5-3-1;;/h1-3H;1H3;. The maximum absolute atomic E-state index is 2.12. The van der Waals surface area contributed by atoms with Crippen molar-refractivity contribution in [2.75, 3.05) is 0 Å². The van der Waals surface area contributed by atoms with Crippen LogP contribution < -0.4 is 3.78 Å². The van der Waals surface area contributed by atoms with E-state index in [-0.39, 0.29) is 0 Å². The van der Waals surface area contributed by atoms with Crippen molar-refractivity contribution in [2.45, 2.75) is 5.82 Å². The molecule has 0 radical (unpaired) electrons. The molecule has 7 heavy (non-hydrogen) atoms. The fraction of sp³-hybridized carbons (Fsp3) is 0.200. The Hall–Kier alpha value is 0.219. The van der Waals surface area contributed by atoms with E-state index in [4.69, 9.17) is 0 Å². The van der Waals surface area contributed by atoms with Gasteiger partial charge in [0.1, 0.15) is 0 Å². The molecule has 0 nitrogen and oxygen atoms in total. The summed E-state index contributed by atoms with van der Waals surface area (Å²) in [5, 5.41) is 2.09. The summed E-state index contributed by atoms with van der Waals surface area (Å²) >= 11 is 3.65. The van der Waals surface area contributed by atoms with Crippen LogP contribution in [0.2, 0.25) is 5.82 Å². The second-order valence-electron chi connectivity index (χ2n) is 1.03. The average Bonchev–Trinajstić information content (AvgIpc) is 2.14. The Morgan fingerprint density at radius 2 is 2.57 bits per heavy atom. The monoisotopic (exact) mass is 161 g/mol. The quantitative estimate of drug-likeness (QED) is 0.548. The van der Waals surface area contributed by atoms with Crippen LogP contribution in [-0.4, -0.2) is 0 Å². The third-order valence-corrected chi connectivity index (χ3v) is 2.71. The van der Waals surface area contributed by atoms with E-state index in [2.05, 4.69) is 23.3 Å². The zero-order chi connectivity index (χ0) is 5.11. The zero-order valence-corrected chi connectivity index (χ0v) is 5.70. The van der Waals surface area contributed by atoms with Crippen LogP contribution in [-0.2, 0) is 15.0 Å². The first-order valence-electron chi connectivity index (χ1n) is 1.85. The number of rotatable bonds is 1. The first-order chi connectivity index (χ1) is 3.43. The van der Waals surface area contributed by atoms with Crippen molar-refractivity contribution < 1.29 is 15.0 Å². The fourth-order valence-corrected chi connectivity index (χ4v) is 1.61. The molecule has 0 aliphatic carbocycles. The first-order valence-corrected chi connectivity index (χ1v) is 4.14. The van der Waals surface area contributed by atoms with Crippen LogP contribution in [0.3, 0.4) is 0 Å². The van der Waals surface area contributed by atoms with E-state index >= 15 is 0 Å². The van der Waals surface area contributed by atoms with Gasteiger partial charge < -0.3 is 0 Å². The van der Waals surface area contributed by atoms with Gasteiger partial charge in [-0.3, -0.25) is 0 Å². The van der Waals surface area contributed by atoms with Gasteiger partial charge in [0.25, 0.3) is 0 Å². The minimum absolute atomic E-state index is 1.38. The van der Waals surface area contributed by atoms with E-state index in [0.717, 1.165) is 0 Å². The molecule has 0 N–H and O–H groups in total. The van der Waals surface area contributed by atoms with Crippen molar-refractivity contribution in [1.29, 1.82) is 0 Å². The van der Waals surface area contributed by atoms with Crippen LogP contribution in [0.4, 0.5) is 0 Å². The van der Waals surface area contributed by atoms with Gasteiger partial charge in [-0.05, 0) is 0 Å². The molecule has 0 spiro atoms. The number of thiophene rings is 1. The molecular formula is C5H6CuS. The summed E-state index contributed by atoms with van der Waals surface area (Å²) in [4.78, 5) is 0. The molecule has 1 aromatic heterocycles. The molecule has 0 aliphatic heterocycles. The van der Waals surface area contributed by atoms with Gasteiger partial charge in [0.05, 0.1) is 0 Å². The molecule has 0 aliphatic rings. The van der Waals surface area contributed by atoms with E-state index < -0.39 is 0 Å². The van der Waals surface area contributed by atoms with Crippen molar-refractivity contribution in [3.8, 4) is 0 Å². The van der Waals surface area contributed by atoms with Crippen LogP contribution >= 0.6 is 11.3 Å². The number of hydrogen-bond donors (Lipinski definition) is 0. The Morgan fingerprint density at radius 3 is 2.86 bits per heavy atom. The molecule has 0 amide bonds. The van der Waals surface area contributed by atoms with Gasteiger partial charge >= 0.3 is 53.4 Å². The Balaban J connectivity index is 2.76. The molecular weight excluding hydrogens is 156 g/mol. The molecule has 43 valence electrons. The molecule has 0 bridgehead atoms. The Labute approximate surface area is 53.7 Å². The fourth-order valence-electron chi connectivity index (χ4n) is 0.332. The van der Waals surface area contributed by atoms with Crippen molar-refractivity contribution in [2.24, 2.45) is 0 Å². The summed E-state index contributed by atoms with van der Waals surface area (Å²) in [5.74, 6) is 2.08. The molecule has 0 saturated heterocycles. The average molecular weight is 162 g/mol. The van der Waals surface area contributed by atoms with Gasteiger partial charge in [-0.25, -0.2) is 0 Å². The van der Waals surface area contributed by atoms with Crippen molar-refractivity contribution >= 4 is 15.1 Å². The van der Waals surface area contributed by atoms with Gasteiger partial charge in [-0.1, -0.05) is 0 Å². The SMILES string of the molecule is [CH3][Cu][c]1cccs1. The van der Waals surface area contributed by atoms with Crippen LogP contribution in [0.25, 0.3) is 0 Å². The van der Waals surface area contributed by atoms with E-state index in [0.29, 0.717) is 0 Å². The normalized spacial score (nSPS) is 9.86. The predicted octanol–water partition coefficient (Wildman–Crippen LogP) is 1.50. The second-order valence-corrected chi connectivity index (χ2v) is 3.22. The first kappa shape index (κ1) is 5.36. The second kappa shape index (κ2) is 2.51. The Kier molecular flexibility index (Phi) is 1.92. The van der Waals surface area contributed by atoms with Crippen LogP contribution in [0, 0.1) is 0 Å². The Bertz CT molecular complexity index is 123. The summed E-state index contributed by atoms with van der Waals surface area (Å²) in [7, 11) is 0. The molecule has 0 atom stereocenters. The Morgan fingerprint density at radius 1 is 1.71 bits per heavy atom. The summed E-state index contributed by atoms with van der Waals surface area (Å²) in [6.07, 6.45) is 0. The van der Waals surface area contributed by atoms with Gasteiger partial charge in [0.2, 0.25) is 0 Å². The topological polar surface area (TPSA) is 0 Å². The molecule has 1 aromatic rings. The van der Waals surface area contributed by atoms with Gasteiger partial charge in [-0.15, -0.1) is 0 Å². The van der Waals surface area contributed by atoms with E-state index in [1.54, 1.807) is 11.3 Å². The maximum atomic E-state index is 2.12. The van der Waals surface area contributed by atoms with Crippen LogP contribution in [0.1, 0.15) is 0 Å². The molecule has 0 unspecified atom stereocenters. The van der Waals surface area contributed by atoms with Crippen LogP contribution in [0.5, 0.6) is 0 Å². The van der Waals surface area contributed by atoms with Gasteiger partial charge in [0, 0.05) is 0 Å². The third-order valence-electron chi connectivity index (χ3n) is 0.613. The molecule has 1 heterocycles. The minimum atomic E-state index is 1.38. The molecule has 0 aromatic carbocycles. The summed E-state index contributed by atoms with van der Waals surface area (Å²) in [6.45, 7) is 0. The molecule has 0 saturated carbocycles. The van der Waals surface area contributed by atoms with E-state index in [1.165, 1.54) is 3.78 Å². The van der Waals surface area contributed by atoms with Crippen molar-refractivity contribution in [3.63, 3.8) is 0 Å². The van der Waals surface area contributed by atoms with Crippen molar-refractivity contribution in [1.82, 2.24) is 0 Å². The summed E-state index contributed by atoms with van der Waals surface area (Å²) in [5.41, 5.74) is 0. The summed E-state index contributed by atoms with van der Waals surface area (Å²) < 4.78 is 1.38. The van der Waals surface area contributed by atoms with E-state index in [1.807, 2.05) is 15.0 Å². The molecule has 2 heteroatoms. The number of hydrogen-bond acceptors (Lipinski definition) is 1. The van der Waals surface area contributed by atoms with Crippen molar-refractivity contribution in [3.05, 3.63) is 17.5 Å². The zero-order valence-electron chi connectivity index (χ0n) is 3.94. The summed E-state index contributed by atoms with van der Waals surface area (Å²) in [6, 6.07) is 4.18. The van der Waals surface area contributed by atoms with E-state index in [9.17, 15) is 0 Å². The van der Waals surface area contributed by atoms with Gasteiger partial charge in [0.15, 0.2) is 0 Å². The molecule has 0 fully saturated rings. The molecule has 1 rings (SSSR count). The third kappa shape index (κ3) is 1.30. The van der Waals surface area contributed by atoms with Gasteiger partial charge in [-0.2, -0.15) is 0 Å². The van der Waals surface area contributed by atoms with Crippen LogP contribution in [0.15, 0.2) is 17.5 Å². The predicted molar refractivity (Wildman–Crippen MR) is 29.8 cm³/mol.